The average Bonchev–Trinajstić information content (AvgIpc) is 3.84. The van der Waals surface area contributed by atoms with Crippen LogP contribution in [0.15, 0.2) is 27.9 Å². The number of likely N-dealkylation sites (tertiary alicyclic amines) is 1. The number of phenols is 2. The number of quaternary nitrogens is 1. The fourth-order valence-electron chi connectivity index (χ4n) is 7.14. The van der Waals surface area contributed by atoms with Crippen LogP contribution < -0.4 is 11.1 Å². The highest BCUT2D eigenvalue weighted by atomic mass is 35.5. The zero-order valence-corrected chi connectivity index (χ0v) is 30.8. The van der Waals surface area contributed by atoms with Crippen molar-refractivity contribution in [1.29, 1.82) is 0 Å². The molecule has 288 valence electrons. The first-order valence-corrected chi connectivity index (χ1v) is 18.7. The molecule has 5 heterocycles. The van der Waals surface area contributed by atoms with Crippen LogP contribution in [0.2, 0.25) is 5.02 Å². The molecular formula is C32H35ClN7O12S2+. The van der Waals surface area contributed by atoms with Crippen LogP contribution in [0.1, 0.15) is 47.8 Å². The molecule has 0 saturated carbocycles. The molecule has 54 heavy (non-hydrogen) atoms. The summed E-state index contributed by atoms with van der Waals surface area (Å²) in [5, 5.41) is 55.4. The normalized spacial score (nSPS) is 22.4. The van der Waals surface area contributed by atoms with Gasteiger partial charge in [-0.2, -0.15) is 0 Å². The number of carboxylic acids is 3. The van der Waals surface area contributed by atoms with Crippen LogP contribution in [0.3, 0.4) is 0 Å². The van der Waals surface area contributed by atoms with Gasteiger partial charge in [-0.3, -0.25) is 24.1 Å². The number of rotatable bonds is 14. The van der Waals surface area contributed by atoms with Gasteiger partial charge in [0.25, 0.3) is 17.7 Å². The number of phenolic OH excluding ortho intramolecular Hbond substituents is 2. The number of amides is 3. The van der Waals surface area contributed by atoms with E-state index in [4.69, 9.17) is 27.3 Å². The van der Waals surface area contributed by atoms with Gasteiger partial charge >= 0.3 is 17.9 Å². The second-order valence-corrected chi connectivity index (χ2v) is 16.0. The van der Waals surface area contributed by atoms with E-state index >= 15 is 0 Å². The van der Waals surface area contributed by atoms with Crippen LogP contribution in [0.5, 0.6) is 11.5 Å². The van der Waals surface area contributed by atoms with Crippen LogP contribution in [0.4, 0.5) is 5.13 Å². The fraction of sp³-hybridized carbons (Fsp3) is 0.438. The van der Waals surface area contributed by atoms with Crippen molar-refractivity contribution in [2.45, 2.75) is 55.5 Å². The van der Waals surface area contributed by atoms with E-state index in [1.807, 2.05) is 0 Å². The van der Waals surface area contributed by atoms with Gasteiger partial charge < -0.3 is 50.8 Å². The number of carbonyl (C=O) groups excluding carboxylic acids is 3. The van der Waals surface area contributed by atoms with Gasteiger partial charge in [0.05, 0.1) is 49.7 Å². The molecule has 2 fully saturated rings. The molecule has 1 aromatic heterocycles. The van der Waals surface area contributed by atoms with Gasteiger partial charge in [0.15, 0.2) is 22.3 Å². The summed E-state index contributed by atoms with van der Waals surface area (Å²) in [6.07, 6.45) is -1.21. The number of aromatic hydroxyl groups is 2. The fourth-order valence-corrected chi connectivity index (χ4v) is 9.42. The van der Waals surface area contributed by atoms with Crippen LogP contribution in [0, 0.1) is 0 Å². The van der Waals surface area contributed by atoms with E-state index in [1.54, 1.807) is 6.92 Å². The van der Waals surface area contributed by atoms with E-state index in [9.17, 15) is 49.2 Å². The molecule has 2 saturated heterocycles. The van der Waals surface area contributed by atoms with Gasteiger partial charge in [-0.25, -0.2) is 14.6 Å². The molecule has 0 aliphatic carbocycles. The summed E-state index contributed by atoms with van der Waals surface area (Å²) in [6, 6.07) is -0.106. The molecular weight excluding hydrogens is 774 g/mol. The molecule has 22 heteroatoms. The summed E-state index contributed by atoms with van der Waals surface area (Å²) < 4.78 is 0.435. The Morgan fingerprint density at radius 2 is 1.89 bits per heavy atom. The molecule has 2 aromatic rings. The molecule has 19 nitrogen and oxygen atoms in total. The number of carbonyl (C=O) groups is 6. The minimum absolute atomic E-state index is 0.0247. The lowest BCUT2D eigenvalue weighted by Gasteiger charge is -2.51. The number of anilines is 1. The van der Waals surface area contributed by atoms with E-state index < -0.39 is 82.0 Å². The van der Waals surface area contributed by atoms with Crippen molar-refractivity contribution in [1.82, 2.24) is 20.1 Å². The highest BCUT2D eigenvalue weighted by Gasteiger charge is 2.57. The van der Waals surface area contributed by atoms with E-state index in [2.05, 4.69) is 15.5 Å². The monoisotopic (exact) mass is 808 g/mol. The lowest BCUT2D eigenvalue weighted by atomic mass is 9.99. The Kier molecular flexibility index (Phi) is 10.7. The number of nitrogens with two attached hydrogens (primary N) is 1. The highest BCUT2D eigenvalue weighted by Crippen LogP contribution is 2.46. The first-order valence-electron chi connectivity index (χ1n) is 16.5. The van der Waals surface area contributed by atoms with E-state index in [0.29, 0.717) is 29.7 Å². The van der Waals surface area contributed by atoms with Crippen molar-refractivity contribution in [3.63, 3.8) is 0 Å². The van der Waals surface area contributed by atoms with Crippen molar-refractivity contribution in [2.75, 3.05) is 38.5 Å². The molecule has 1 aromatic carbocycles. The number of hydrogen-bond donors (Lipinski definition) is 7. The lowest BCUT2D eigenvalue weighted by molar-refractivity contribution is -0.911. The number of aliphatic carboxylic acids is 3. The van der Waals surface area contributed by atoms with Crippen molar-refractivity contribution in [3.05, 3.63) is 44.6 Å². The zero-order valence-electron chi connectivity index (χ0n) is 28.4. The Balaban J connectivity index is 1.20. The molecule has 4 aliphatic heterocycles. The van der Waals surface area contributed by atoms with Gasteiger partial charge in [0.2, 0.25) is 6.10 Å². The summed E-state index contributed by atoms with van der Waals surface area (Å²) in [5.41, 5.74) is 5.67. The van der Waals surface area contributed by atoms with Gasteiger partial charge in [0, 0.05) is 40.7 Å². The number of thioether (sulfide) groups is 1. The second kappa shape index (κ2) is 15.0. The molecule has 0 bridgehead atoms. The number of benzene rings is 1. The predicted octanol–water partition coefficient (Wildman–Crippen LogP) is 0.832. The van der Waals surface area contributed by atoms with Gasteiger partial charge in [-0.15, -0.1) is 23.1 Å². The van der Waals surface area contributed by atoms with Gasteiger partial charge in [-0.1, -0.05) is 16.8 Å². The minimum atomic E-state index is -1.95. The van der Waals surface area contributed by atoms with Gasteiger partial charge in [-0.05, 0) is 6.92 Å². The Labute approximate surface area is 319 Å². The van der Waals surface area contributed by atoms with Crippen LogP contribution >= 0.6 is 34.7 Å². The van der Waals surface area contributed by atoms with E-state index in [1.165, 1.54) is 22.0 Å². The summed E-state index contributed by atoms with van der Waals surface area (Å²) in [7, 11) is 0. The van der Waals surface area contributed by atoms with Crippen LogP contribution in [-0.2, 0) is 35.4 Å². The summed E-state index contributed by atoms with van der Waals surface area (Å²) >= 11 is 8.42. The molecule has 4 aliphatic rings. The number of aromatic nitrogens is 1. The maximum absolute atomic E-state index is 13.6. The van der Waals surface area contributed by atoms with Crippen LogP contribution in [0.25, 0.3) is 0 Å². The number of fused-ring (bicyclic) bond motifs is 2. The van der Waals surface area contributed by atoms with E-state index in [-0.39, 0.29) is 52.3 Å². The Hall–Kier alpha value is -5.12. The maximum atomic E-state index is 13.6. The quantitative estimate of drug-likeness (QED) is 0.0458. The lowest BCUT2D eigenvalue weighted by Crippen LogP contribution is -2.71. The number of β-lactam (4-membered cyclic amide) rings is 1. The third-order valence-electron chi connectivity index (χ3n) is 9.85. The number of nitrogen functional groups attached to an aromatic ring is 1. The number of nitrogens with one attached hydrogen (secondary N) is 1. The SMILES string of the molecule is C[C@@H]1S[C@@H]2[C@H](NC(=O)/C(=N\O[C@@H](CC(=O)O)C(=O)O)c3csc(N)n3)C(=O)N2C(C(=O)O)=C1C[N+]1(CCN2Cc3c(O)c(O)cc(Cl)c3C2=O)CCCC1. The number of oxime groups is 1. The zero-order chi connectivity index (χ0) is 39.2. The molecule has 0 spiro atoms. The van der Waals surface area contributed by atoms with Crippen molar-refractivity contribution in [3.8, 4) is 11.5 Å². The summed E-state index contributed by atoms with van der Waals surface area (Å²) in [6.45, 7) is 4.18. The Morgan fingerprint density at radius 3 is 2.50 bits per heavy atom. The number of nitrogens with zero attached hydrogens (tertiary/aromatic N) is 5. The summed E-state index contributed by atoms with van der Waals surface area (Å²) in [5.74, 6) is -7.45. The maximum Gasteiger partial charge on any atom is 0.352 e. The van der Waals surface area contributed by atoms with Crippen LogP contribution in [-0.4, -0.2) is 142 Å². The number of halogens is 1. The number of hydrogen-bond acceptors (Lipinski definition) is 14. The Bertz CT molecular complexity index is 2020. The van der Waals surface area contributed by atoms with Crippen molar-refractivity contribution < 1.29 is 63.6 Å². The molecule has 8 N–H and O–H groups in total. The Morgan fingerprint density at radius 1 is 1.19 bits per heavy atom. The molecule has 0 radical (unpaired) electrons. The smallest absolute Gasteiger partial charge is 0.352 e. The summed E-state index contributed by atoms with van der Waals surface area (Å²) in [4.78, 5) is 87.4. The molecule has 3 amide bonds. The standard InChI is InChI=1S/C32H34ClN7O12S2/c1-13-15(11-40(5-2-3-6-40)7-4-38-10-14-21(27(38)46)16(33)8-18(41)25(14)44)24(31(50)51)39-28(47)23(29(39)54-13)36-26(45)22(17-12-53-32(34)35-17)37-52-19(30(48)49)9-20(42)43/h8,12-13,19,23,29H,2-7,9-11H2,1H3,(H7-,34,35,36,37,41,42,43,44,45,46,48,49,50,51)/p+1/t13-,19-,23+,29+/m0/s1. The minimum Gasteiger partial charge on any atom is -0.504 e. The van der Waals surface area contributed by atoms with E-state index in [0.717, 1.165) is 35.1 Å². The first-order chi connectivity index (χ1) is 25.5. The van der Waals surface area contributed by atoms with Crippen molar-refractivity contribution in [2.24, 2.45) is 5.16 Å². The van der Waals surface area contributed by atoms with Gasteiger partial charge in [0.1, 0.15) is 29.4 Å². The third kappa shape index (κ3) is 7.22. The largest absolute Gasteiger partial charge is 0.504 e. The first kappa shape index (κ1) is 38.6. The number of carboxylic acid groups (broad SMARTS) is 3. The molecule has 0 unspecified atom stereocenters. The average molecular weight is 809 g/mol. The van der Waals surface area contributed by atoms with Crippen molar-refractivity contribution >= 4 is 81.2 Å². The predicted molar refractivity (Wildman–Crippen MR) is 191 cm³/mol. The number of thiazole rings is 1. The molecule has 4 atom stereocenters. The molecule has 6 rings (SSSR count). The third-order valence-corrected chi connectivity index (χ3v) is 12.3. The topological polar surface area (TPSA) is 283 Å². The highest BCUT2D eigenvalue weighted by molar-refractivity contribution is 8.00. The second-order valence-electron chi connectivity index (χ2n) is 13.2.